The van der Waals surface area contributed by atoms with Crippen molar-refractivity contribution in [1.29, 1.82) is 0 Å². The SMILES string of the molecule is COc1ccc(S(=O)(=O)N(CC(=O)Nc2ccc3c(c2)oc2ccccc23)c2ccc(C)cc2)cc1Br. The van der Waals surface area contributed by atoms with Crippen LogP contribution in [0.5, 0.6) is 5.75 Å². The van der Waals surface area contributed by atoms with Gasteiger partial charge in [-0.15, -0.1) is 0 Å². The molecule has 1 N–H and O–H groups in total. The molecule has 0 aliphatic rings. The zero-order valence-electron chi connectivity index (χ0n) is 20.1. The summed E-state index contributed by atoms with van der Waals surface area (Å²) in [5.41, 5.74) is 3.23. The Hall–Kier alpha value is -3.82. The van der Waals surface area contributed by atoms with Gasteiger partial charge in [0.25, 0.3) is 10.0 Å². The minimum absolute atomic E-state index is 0.0252. The van der Waals surface area contributed by atoms with Crippen molar-refractivity contribution in [1.82, 2.24) is 0 Å². The van der Waals surface area contributed by atoms with Gasteiger partial charge in [0.1, 0.15) is 23.5 Å². The van der Waals surface area contributed by atoms with Gasteiger partial charge < -0.3 is 14.5 Å². The van der Waals surface area contributed by atoms with Crippen LogP contribution in [0.3, 0.4) is 0 Å². The number of ether oxygens (including phenoxy) is 1. The second kappa shape index (κ2) is 9.91. The van der Waals surface area contributed by atoms with E-state index >= 15 is 0 Å². The molecule has 9 heteroatoms. The fourth-order valence-corrected chi connectivity index (χ4v) is 6.24. The summed E-state index contributed by atoms with van der Waals surface area (Å²) in [7, 11) is -2.59. The van der Waals surface area contributed by atoms with Gasteiger partial charge in [-0.05, 0) is 71.4 Å². The Morgan fingerprint density at radius 1 is 0.946 bits per heavy atom. The topological polar surface area (TPSA) is 88.9 Å². The van der Waals surface area contributed by atoms with Crippen LogP contribution in [0.15, 0.2) is 98.7 Å². The highest BCUT2D eigenvalue weighted by atomic mass is 79.9. The van der Waals surface area contributed by atoms with E-state index in [0.29, 0.717) is 27.2 Å². The number of nitrogens with zero attached hydrogens (tertiary/aromatic N) is 1. The molecular formula is C28H23BrN2O5S. The van der Waals surface area contributed by atoms with E-state index in [1.165, 1.54) is 19.2 Å². The zero-order valence-corrected chi connectivity index (χ0v) is 22.5. The van der Waals surface area contributed by atoms with Crippen LogP contribution in [0.4, 0.5) is 11.4 Å². The molecule has 188 valence electrons. The lowest BCUT2D eigenvalue weighted by atomic mass is 10.1. The number of carbonyl (C=O) groups excluding carboxylic acids is 1. The Balaban J connectivity index is 1.46. The first-order valence-corrected chi connectivity index (χ1v) is 13.6. The van der Waals surface area contributed by atoms with Gasteiger partial charge in [-0.1, -0.05) is 35.9 Å². The molecule has 0 aliphatic heterocycles. The van der Waals surface area contributed by atoms with E-state index in [1.54, 1.807) is 42.5 Å². The van der Waals surface area contributed by atoms with E-state index in [0.717, 1.165) is 26.2 Å². The average Bonchev–Trinajstić information content (AvgIpc) is 3.25. The highest BCUT2D eigenvalue weighted by Crippen LogP contribution is 2.32. The fourth-order valence-electron chi connectivity index (χ4n) is 4.10. The van der Waals surface area contributed by atoms with Crippen molar-refractivity contribution >= 4 is 65.2 Å². The number of rotatable bonds is 7. The van der Waals surface area contributed by atoms with Crippen LogP contribution in [-0.4, -0.2) is 28.0 Å². The fraction of sp³-hybridized carbons (Fsp3) is 0.107. The van der Waals surface area contributed by atoms with E-state index in [4.69, 9.17) is 9.15 Å². The zero-order chi connectivity index (χ0) is 26.2. The van der Waals surface area contributed by atoms with E-state index in [2.05, 4.69) is 21.2 Å². The van der Waals surface area contributed by atoms with Crippen molar-refractivity contribution in [2.75, 3.05) is 23.3 Å². The van der Waals surface area contributed by atoms with Crippen molar-refractivity contribution in [2.45, 2.75) is 11.8 Å². The maximum absolute atomic E-state index is 13.7. The lowest BCUT2D eigenvalue weighted by molar-refractivity contribution is -0.114. The Morgan fingerprint density at radius 2 is 1.68 bits per heavy atom. The molecule has 0 atom stereocenters. The van der Waals surface area contributed by atoms with Crippen molar-refractivity contribution in [3.63, 3.8) is 0 Å². The molecule has 0 radical (unpaired) electrons. The molecule has 0 saturated heterocycles. The Bertz CT molecular complexity index is 1730. The quantitative estimate of drug-likeness (QED) is 0.238. The molecule has 4 aromatic carbocycles. The summed E-state index contributed by atoms with van der Waals surface area (Å²) in [4.78, 5) is 13.2. The van der Waals surface area contributed by atoms with Gasteiger partial charge in [0.05, 0.1) is 22.2 Å². The standard InChI is InChI=1S/C28H23BrN2O5S/c1-18-7-10-20(11-8-18)31(37(33,34)21-12-14-26(35-2)24(29)16-21)17-28(32)30-19-9-13-23-22-5-3-4-6-25(22)36-27(23)15-19/h3-16H,17H2,1-2H3,(H,30,32). The lowest BCUT2D eigenvalue weighted by Gasteiger charge is -2.24. The summed E-state index contributed by atoms with van der Waals surface area (Å²) in [6, 6.07) is 24.5. The van der Waals surface area contributed by atoms with E-state index in [-0.39, 0.29) is 4.90 Å². The van der Waals surface area contributed by atoms with E-state index in [9.17, 15) is 13.2 Å². The summed E-state index contributed by atoms with van der Waals surface area (Å²) >= 11 is 3.35. The maximum atomic E-state index is 13.7. The third-order valence-corrected chi connectivity index (χ3v) is 8.37. The highest BCUT2D eigenvalue weighted by molar-refractivity contribution is 9.10. The Morgan fingerprint density at radius 3 is 2.41 bits per heavy atom. The molecule has 0 bridgehead atoms. The number of fused-ring (bicyclic) bond motifs is 3. The number of halogens is 1. The number of anilines is 2. The number of benzene rings is 4. The minimum atomic E-state index is -4.09. The smallest absolute Gasteiger partial charge is 0.264 e. The third-order valence-electron chi connectivity index (χ3n) is 5.98. The minimum Gasteiger partial charge on any atom is -0.496 e. The van der Waals surface area contributed by atoms with Gasteiger partial charge in [-0.25, -0.2) is 8.42 Å². The van der Waals surface area contributed by atoms with Gasteiger partial charge >= 0.3 is 0 Å². The summed E-state index contributed by atoms with van der Waals surface area (Å²) in [6.07, 6.45) is 0. The normalized spacial score (nSPS) is 11.5. The molecule has 0 saturated carbocycles. The first kappa shape index (κ1) is 24.9. The summed E-state index contributed by atoms with van der Waals surface area (Å²) < 4.78 is 40.1. The van der Waals surface area contributed by atoms with Crippen molar-refractivity contribution in [3.05, 3.63) is 95.0 Å². The number of hydrogen-bond donors (Lipinski definition) is 1. The second-order valence-electron chi connectivity index (χ2n) is 8.50. The Labute approximate surface area is 222 Å². The van der Waals surface area contributed by atoms with Crippen LogP contribution in [0, 0.1) is 6.92 Å². The molecule has 1 aromatic heterocycles. The van der Waals surface area contributed by atoms with Gasteiger partial charge in [-0.2, -0.15) is 0 Å². The number of nitrogens with one attached hydrogen (secondary N) is 1. The van der Waals surface area contributed by atoms with E-state index < -0.39 is 22.5 Å². The van der Waals surface area contributed by atoms with Gasteiger partial charge in [0, 0.05) is 22.5 Å². The predicted molar refractivity (Wildman–Crippen MR) is 149 cm³/mol. The highest BCUT2D eigenvalue weighted by Gasteiger charge is 2.28. The maximum Gasteiger partial charge on any atom is 0.264 e. The first-order chi connectivity index (χ1) is 17.8. The average molecular weight is 579 g/mol. The number of sulfonamides is 1. The first-order valence-electron chi connectivity index (χ1n) is 11.4. The second-order valence-corrected chi connectivity index (χ2v) is 11.2. The van der Waals surface area contributed by atoms with Crippen LogP contribution >= 0.6 is 15.9 Å². The van der Waals surface area contributed by atoms with Crippen LogP contribution in [0.25, 0.3) is 21.9 Å². The number of methoxy groups -OCH3 is 1. The van der Waals surface area contributed by atoms with Gasteiger partial charge in [0.2, 0.25) is 5.91 Å². The predicted octanol–water partition coefficient (Wildman–Crippen LogP) is 6.50. The summed E-state index contributed by atoms with van der Waals surface area (Å²) in [5, 5.41) is 4.73. The molecule has 0 fully saturated rings. The van der Waals surface area contributed by atoms with Crippen LogP contribution in [0.1, 0.15) is 5.56 Å². The molecule has 5 rings (SSSR count). The molecule has 0 spiro atoms. The molecule has 0 aliphatic carbocycles. The van der Waals surface area contributed by atoms with Crippen LogP contribution in [0.2, 0.25) is 0 Å². The monoisotopic (exact) mass is 578 g/mol. The van der Waals surface area contributed by atoms with Crippen molar-refractivity contribution < 1.29 is 22.4 Å². The van der Waals surface area contributed by atoms with E-state index in [1.807, 2.05) is 37.3 Å². The number of aryl methyl sites for hydroxylation is 1. The summed E-state index contributed by atoms with van der Waals surface area (Å²) in [6.45, 7) is 1.48. The number of amides is 1. The van der Waals surface area contributed by atoms with Crippen molar-refractivity contribution in [2.24, 2.45) is 0 Å². The summed E-state index contributed by atoms with van der Waals surface area (Å²) in [5.74, 6) is 0.00625. The molecule has 7 nitrogen and oxygen atoms in total. The largest absolute Gasteiger partial charge is 0.496 e. The molecule has 1 heterocycles. The molecular weight excluding hydrogens is 556 g/mol. The van der Waals surface area contributed by atoms with Gasteiger partial charge in [0.15, 0.2) is 0 Å². The van der Waals surface area contributed by atoms with Crippen LogP contribution < -0.4 is 14.4 Å². The number of para-hydroxylation sites is 1. The van der Waals surface area contributed by atoms with Gasteiger partial charge in [-0.3, -0.25) is 9.10 Å². The molecule has 1 amide bonds. The van der Waals surface area contributed by atoms with Crippen molar-refractivity contribution in [3.8, 4) is 5.75 Å². The number of hydrogen-bond acceptors (Lipinski definition) is 5. The number of carbonyl (C=O) groups is 1. The molecule has 0 unspecified atom stereocenters. The molecule has 37 heavy (non-hydrogen) atoms. The Kier molecular flexibility index (Phi) is 6.66. The molecule has 5 aromatic rings. The number of furan rings is 1. The van der Waals surface area contributed by atoms with Crippen LogP contribution in [-0.2, 0) is 14.8 Å². The lowest BCUT2D eigenvalue weighted by Crippen LogP contribution is -2.38. The third kappa shape index (κ3) is 4.92.